The lowest BCUT2D eigenvalue weighted by atomic mass is 9.84. The van der Waals surface area contributed by atoms with E-state index in [9.17, 15) is 0 Å². The van der Waals surface area contributed by atoms with Gasteiger partial charge < -0.3 is 0 Å². The van der Waals surface area contributed by atoms with Crippen molar-refractivity contribution < 1.29 is 0 Å². The van der Waals surface area contributed by atoms with Gasteiger partial charge in [0, 0.05) is 25.6 Å². The Morgan fingerprint density at radius 1 is 0.298 bits per heavy atom. The molecule has 0 N–H and O–H groups in total. The Labute approximate surface area is 276 Å². The smallest absolute Gasteiger partial charge is 0.0434 e. The largest absolute Gasteiger partial charge is 0.135 e. The molecular weight excluding hydrogens is 585 g/mol. The molecule has 1 aromatic heterocycles. The molecule has 0 bridgehead atoms. The Hall–Kier alpha value is -5.76. The molecule has 47 heavy (non-hydrogen) atoms. The first kappa shape index (κ1) is 26.5. The molecule has 0 aliphatic heterocycles. The van der Waals surface area contributed by atoms with Crippen LogP contribution < -0.4 is 0 Å². The molecule has 1 heterocycles. The van der Waals surface area contributed by atoms with Crippen molar-refractivity contribution in [3.63, 3.8) is 0 Å². The lowest BCUT2D eigenvalue weighted by molar-refractivity contribution is 1.63. The lowest BCUT2D eigenvalue weighted by Crippen LogP contribution is -1.92. The van der Waals surface area contributed by atoms with Crippen molar-refractivity contribution in [2.75, 3.05) is 0 Å². The van der Waals surface area contributed by atoms with Crippen molar-refractivity contribution in [2.24, 2.45) is 0 Å². The van der Waals surface area contributed by atoms with Crippen LogP contribution in [0, 0.1) is 0 Å². The van der Waals surface area contributed by atoms with E-state index in [1.54, 1.807) is 0 Å². The summed E-state index contributed by atoms with van der Waals surface area (Å²) in [6, 6.07) is 62.7. The minimum absolute atomic E-state index is 1.23. The third-order valence-electron chi connectivity index (χ3n) is 9.84. The van der Waals surface area contributed by atoms with E-state index in [4.69, 9.17) is 0 Å². The van der Waals surface area contributed by atoms with Gasteiger partial charge in [-0.1, -0.05) is 152 Å². The molecule has 0 saturated heterocycles. The maximum atomic E-state index is 2.46. The quantitative estimate of drug-likeness (QED) is 0.174. The zero-order valence-corrected chi connectivity index (χ0v) is 26.4. The van der Waals surface area contributed by atoms with Gasteiger partial charge in [0.2, 0.25) is 0 Å². The van der Waals surface area contributed by atoms with Crippen molar-refractivity contribution in [2.45, 2.75) is 0 Å². The van der Waals surface area contributed by atoms with Crippen molar-refractivity contribution in [3.8, 4) is 33.4 Å². The van der Waals surface area contributed by atoms with Crippen molar-refractivity contribution in [1.29, 1.82) is 0 Å². The van der Waals surface area contributed by atoms with Gasteiger partial charge in [0.15, 0.2) is 0 Å². The van der Waals surface area contributed by atoms with Gasteiger partial charge in [0.25, 0.3) is 0 Å². The maximum Gasteiger partial charge on any atom is 0.0434 e. The highest BCUT2D eigenvalue weighted by molar-refractivity contribution is 7.26. The van der Waals surface area contributed by atoms with E-state index in [2.05, 4.69) is 170 Å². The molecule has 0 unspecified atom stereocenters. The molecule has 0 aliphatic carbocycles. The molecule has 0 saturated carbocycles. The van der Waals surface area contributed by atoms with E-state index < -0.39 is 0 Å². The molecule has 0 amide bonds. The van der Waals surface area contributed by atoms with Gasteiger partial charge in [-0.15, -0.1) is 11.3 Å². The summed E-state index contributed by atoms with van der Waals surface area (Å²) >= 11 is 1.90. The molecule has 9 aromatic carbocycles. The van der Waals surface area contributed by atoms with Crippen LogP contribution in [0.2, 0.25) is 0 Å². The fourth-order valence-corrected chi connectivity index (χ4v) is 8.90. The molecular formula is C46H28S. The second kappa shape index (κ2) is 10.4. The highest BCUT2D eigenvalue weighted by atomic mass is 32.1. The SMILES string of the molecule is c1ccc2cc(-c3ccc(-c4c5ccccc5c(-c5cc6c7ccccc7sc6c6ccccc56)c5ccccc45)cc3)ccc2c1. The summed E-state index contributed by atoms with van der Waals surface area (Å²) in [6.07, 6.45) is 0. The van der Waals surface area contributed by atoms with E-state index >= 15 is 0 Å². The van der Waals surface area contributed by atoms with E-state index in [1.165, 1.54) is 96.6 Å². The summed E-state index contributed by atoms with van der Waals surface area (Å²) in [6.45, 7) is 0. The van der Waals surface area contributed by atoms with Gasteiger partial charge in [-0.25, -0.2) is 0 Å². The van der Waals surface area contributed by atoms with Crippen molar-refractivity contribution in [1.82, 2.24) is 0 Å². The first-order valence-electron chi connectivity index (χ1n) is 16.2. The Morgan fingerprint density at radius 3 is 1.51 bits per heavy atom. The third-order valence-corrected chi connectivity index (χ3v) is 11.1. The summed E-state index contributed by atoms with van der Waals surface area (Å²) in [5, 5.41) is 12.9. The predicted octanol–water partition coefficient (Wildman–Crippen LogP) is 13.7. The number of hydrogen-bond donors (Lipinski definition) is 0. The van der Waals surface area contributed by atoms with Gasteiger partial charge in [-0.3, -0.25) is 0 Å². The molecule has 218 valence electrons. The Morgan fingerprint density at radius 2 is 0.809 bits per heavy atom. The Bertz CT molecular complexity index is 2780. The number of rotatable bonds is 3. The van der Waals surface area contributed by atoms with E-state index in [-0.39, 0.29) is 0 Å². The van der Waals surface area contributed by atoms with Crippen LogP contribution >= 0.6 is 11.3 Å². The van der Waals surface area contributed by atoms with Crippen LogP contribution in [-0.4, -0.2) is 0 Å². The first-order chi connectivity index (χ1) is 23.3. The fraction of sp³-hybridized carbons (Fsp3) is 0. The first-order valence-corrected chi connectivity index (χ1v) is 17.0. The van der Waals surface area contributed by atoms with Crippen LogP contribution in [0.1, 0.15) is 0 Å². The summed E-state index contributed by atoms with van der Waals surface area (Å²) in [5.74, 6) is 0. The molecule has 10 rings (SSSR count). The van der Waals surface area contributed by atoms with Crippen LogP contribution in [0.25, 0.3) is 96.6 Å². The van der Waals surface area contributed by atoms with Crippen LogP contribution in [0.5, 0.6) is 0 Å². The minimum atomic E-state index is 1.23. The normalized spacial score (nSPS) is 11.8. The highest BCUT2D eigenvalue weighted by Gasteiger charge is 2.20. The maximum absolute atomic E-state index is 2.46. The number of thiophene rings is 1. The second-order valence-electron chi connectivity index (χ2n) is 12.4. The molecule has 1 heteroatoms. The number of benzene rings is 9. The van der Waals surface area contributed by atoms with Crippen LogP contribution in [0.15, 0.2) is 170 Å². The Balaban J connectivity index is 1.24. The Kier molecular flexibility index (Phi) is 5.85. The fourth-order valence-electron chi connectivity index (χ4n) is 7.68. The molecule has 0 radical (unpaired) electrons. The predicted molar refractivity (Wildman–Crippen MR) is 206 cm³/mol. The lowest BCUT2D eigenvalue weighted by Gasteiger charge is -2.19. The summed E-state index contributed by atoms with van der Waals surface area (Å²) in [7, 11) is 0. The third kappa shape index (κ3) is 4.07. The summed E-state index contributed by atoms with van der Waals surface area (Å²) in [5.41, 5.74) is 7.59. The highest BCUT2D eigenvalue weighted by Crippen LogP contribution is 2.48. The van der Waals surface area contributed by atoms with E-state index in [0.717, 1.165) is 0 Å². The van der Waals surface area contributed by atoms with Gasteiger partial charge in [-0.2, -0.15) is 0 Å². The standard InChI is InChI=1S/C46H28S/c1-2-12-32-27-33(26-23-29(32)11-1)30-21-24-31(25-22-30)44-36-15-4-6-17-38(36)45(39-18-7-5-16-37(39)44)41-28-42-35-14-9-10-20-43(35)47-46(42)40-19-8-3-13-34(40)41/h1-28H. The van der Waals surface area contributed by atoms with Crippen molar-refractivity contribution >= 4 is 74.6 Å². The molecule has 10 aromatic rings. The van der Waals surface area contributed by atoms with Gasteiger partial charge in [-0.05, 0) is 89.3 Å². The van der Waals surface area contributed by atoms with Gasteiger partial charge in [0.05, 0.1) is 0 Å². The van der Waals surface area contributed by atoms with Crippen LogP contribution in [-0.2, 0) is 0 Å². The molecule has 0 spiro atoms. The number of hydrogen-bond acceptors (Lipinski definition) is 1. The van der Waals surface area contributed by atoms with Crippen LogP contribution in [0.4, 0.5) is 0 Å². The van der Waals surface area contributed by atoms with Crippen molar-refractivity contribution in [3.05, 3.63) is 170 Å². The summed E-state index contributed by atoms with van der Waals surface area (Å²) < 4.78 is 2.70. The molecule has 0 aliphatic rings. The van der Waals surface area contributed by atoms with E-state index in [0.29, 0.717) is 0 Å². The topological polar surface area (TPSA) is 0 Å². The second-order valence-corrected chi connectivity index (χ2v) is 13.5. The molecule has 0 nitrogen and oxygen atoms in total. The molecule has 0 atom stereocenters. The summed E-state index contributed by atoms with van der Waals surface area (Å²) in [4.78, 5) is 0. The average molecular weight is 613 g/mol. The zero-order valence-electron chi connectivity index (χ0n) is 25.6. The molecule has 0 fully saturated rings. The van der Waals surface area contributed by atoms with Gasteiger partial charge >= 0.3 is 0 Å². The minimum Gasteiger partial charge on any atom is -0.135 e. The average Bonchev–Trinajstić information content (AvgIpc) is 3.52. The van der Waals surface area contributed by atoms with E-state index in [1.807, 2.05) is 11.3 Å². The zero-order chi connectivity index (χ0) is 30.9. The van der Waals surface area contributed by atoms with Crippen LogP contribution in [0.3, 0.4) is 0 Å². The van der Waals surface area contributed by atoms with Gasteiger partial charge in [0.1, 0.15) is 0 Å². The monoisotopic (exact) mass is 612 g/mol. The number of fused-ring (bicyclic) bond motifs is 8.